The molecule has 256 valence electrons. The number of hydrogen-bond donors (Lipinski definition) is 0. The highest BCUT2D eigenvalue weighted by atomic mass is 32.3. The molecule has 42 heavy (non-hydrogen) atoms. The lowest BCUT2D eigenvalue weighted by Crippen LogP contribution is -2.18. The lowest BCUT2D eigenvalue weighted by molar-refractivity contribution is 0.169. The molecule has 0 fully saturated rings. The average molecular weight is 633 g/mol. The normalized spacial score (nSPS) is 12.5. The Morgan fingerprint density at radius 2 is 0.643 bits per heavy atom. The number of hydrogen-bond acceptors (Lipinski definition) is 3. The summed E-state index contributed by atoms with van der Waals surface area (Å²) in [4.78, 5) is 0. The Hall–Kier alpha value is 0.447. The van der Waals surface area contributed by atoms with Gasteiger partial charge < -0.3 is 0 Å². The monoisotopic (exact) mass is 633 g/mol. The Labute approximate surface area is 271 Å². The number of rotatable bonds is 37. The minimum absolute atomic E-state index is 0.688. The summed E-state index contributed by atoms with van der Waals surface area (Å²) >= 11 is 0. The van der Waals surface area contributed by atoms with Crippen molar-refractivity contribution in [2.24, 2.45) is 0 Å². The Morgan fingerprint density at radius 1 is 0.357 bits per heavy atom. The molecule has 5 heteroatoms. The molecular formula is C37H80O3SSi. The van der Waals surface area contributed by atoms with E-state index in [2.05, 4.69) is 20.8 Å². The summed E-state index contributed by atoms with van der Waals surface area (Å²) < 4.78 is 19.1. The largest absolute Gasteiger partial charge is 0.293 e. The SMILES string of the molecule is CCCCCCCCCCCCCCCCOS(CCC[SiH3])(OCC)OCCCCCCCCCCCCCCCC. The van der Waals surface area contributed by atoms with E-state index in [-0.39, 0.29) is 0 Å². The van der Waals surface area contributed by atoms with Crippen LogP contribution in [0.25, 0.3) is 0 Å². The molecule has 0 aromatic heterocycles. The summed E-state index contributed by atoms with van der Waals surface area (Å²) in [7, 11) is -0.576. The average Bonchev–Trinajstić information content (AvgIpc) is 3.00. The second kappa shape index (κ2) is 35.9. The summed E-state index contributed by atoms with van der Waals surface area (Å²) in [5, 5.41) is 0. The molecule has 0 aromatic rings. The van der Waals surface area contributed by atoms with E-state index in [1.54, 1.807) is 0 Å². The van der Waals surface area contributed by atoms with Crippen molar-refractivity contribution in [2.75, 3.05) is 25.6 Å². The zero-order valence-electron chi connectivity index (χ0n) is 29.7. The fourth-order valence-corrected chi connectivity index (χ4v) is 8.91. The van der Waals surface area contributed by atoms with Crippen LogP contribution in [-0.4, -0.2) is 35.8 Å². The molecule has 3 nitrogen and oxygen atoms in total. The summed E-state index contributed by atoms with van der Waals surface area (Å²) in [5.41, 5.74) is 0. The van der Waals surface area contributed by atoms with Crippen LogP contribution < -0.4 is 0 Å². The molecule has 0 radical (unpaired) electrons. The summed E-state index contributed by atoms with van der Waals surface area (Å²) in [6, 6.07) is 1.30. The highest BCUT2D eigenvalue weighted by Gasteiger charge is 2.26. The standard InChI is InChI=1S/C37H80O3SSi/c1-4-7-9-11-13-15-17-19-21-23-25-27-29-31-34-39-41(38-6-3,36-33-37-42)40-35-32-30-28-26-24-22-20-18-16-14-12-10-8-5-2/h4-37H2,1-3,42H3. The molecule has 0 heterocycles. The number of unbranched alkanes of at least 4 members (excludes halogenated alkanes) is 26. The van der Waals surface area contributed by atoms with Crippen molar-refractivity contribution in [1.82, 2.24) is 0 Å². The minimum Gasteiger partial charge on any atom is -0.293 e. The van der Waals surface area contributed by atoms with Crippen LogP contribution in [0.15, 0.2) is 0 Å². The van der Waals surface area contributed by atoms with Crippen LogP contribution in [0.5, 0.6) is 0 Å². The van der Waals surface area contributed by atoms with Gasteiger partial charge in [-0.1, -0.05) is 187 Å². The van der Waals surface area contributed by atoms with Gasteiger partial charge in [0.2, 0.25) is 0 Å². The predicted octanol–water partition coefficient (Wildman–Crippen LogP) is 12.7. The summed E-state index contributed by atoms with van der Waals surface area (Å²) in [6.45, 7) is 8.98. The topological polar surface area (TPSA) is 27.7 Å². The molecule has 0 unspecified atom stereocenters. The van der Waals surface area contributed by atoms with Crippen molar-refractivity contribution < 1.29 is 12.5 Å². The zero-order chi connectivity index (χ0) is 30.7. The molecule has 0 amide bonds. The highest BCUT2D eigenvalue weighted by molar-refractivity contribution is 8.21. The molecular weight excluding hydrogens is 553 g/mol. The zero-order valence-corrected chi connectivity index (χ0v) is 32.5. The summed E-state index contributed by atoms with van der Waals surface area (Å²) in [6.07, 6.45) is 40.1. The Kier molecular flexibility index (Phi) is 36.3. The van der Waals surface area contributed by atoms with Crippen LogP contribution in [0.3, 0.4) is 0 Å². The molecule has 0 aliphatic rings. The summed E-state index contributed by atoms with van der Waals surface area (Å²) in [5.74, 6) is 0.960. The first-order valence-electron chi connectivity index (χ1n) is 19.5. The van der Waals surface area contributed by atoms with E-state index < -0.39 is 10.9 Å². The quantitative estimate of drug-likeness (QED) is 0.0504. The second-order valence-corrected chi connectivity index (χ2v) is 16.1. The molecule has 0 saturated heterocycles. The molecule has 0 aliphatic heterocycles. The maximum atomic E-state index is 6.45. The molecule has 0 bridgehead atoms. The maximum absolute atomic E-state index is 6.45. The maximum Gasteiger partial charge on any atom is 0.0887 e. The van der Waals surface area contributed by atoms with E-state index >= 15 is 0 Å². The van der Waals surface area contributed by atoms with Gasteiger partial charge in [-0.05, 0) is 26.2 Å². The first kappa shape index (κ1) is 42.4. The second-order valence-electron chi connectivity index (χ2n) is 12.9. The fraction of sp³-hybridized carbons (Fsp3) is 1.00. The van der Waals surface area contributed by atoms with Crippen molar-refractivity contribution in [3.05, 3.63) is 0 Å². The molecule has 0 N–H and O–H groups in total. The van der Waals surface area contributed by atoms with Crippen molar-refractivity contribution in [3.63, 3.8) is 0 Å². The van der Waals surface area contributed by atoms with Gasteiger partial charge >= 0.3 is 0 Å². The van der Waals surface area contributed by atoms with Gasteiger partial charge in [-0.3, -0.25) is 12.5 Å². The van der Waals surface area contributed by atoms with Crippen molar-refractivity contribution in [3.8, 4) is 0 Å². The van der Waals surface area contributed by atoms with Gasteiger partial charge in [0.15, 0.2) is 0 Å². The van der Waals surface area contributed by atoms with Crippen LogP contribution in [0.2, 0.25) is 6.04 Å². The molecule has 0 rings (SSSR count). The molecule has 0 atom stereocenters. The predicted molar refractivity (Wildman–Crippen MR) is 196 cm³/mol. The van der Waals surface area contributed by atoms with Gasteiger partial charge in [0.25, 0.3) is 0 Å². The van der Waals surface area contributed by atoms with Gasteiger partial charge in [0.1, 0.15) is 0 Å². The highest BCUT2D eigenvalue weighted by Crippen LogP contribution is 2.52. The van der Waals surface area contributed by atoms with Gasteiger partial charge in [-0.25, -0.2) is 0 Å². The van der Waals surface area contributed by atoms with E-state index in [0.29, 0.717) is 6.61 Å². The fourth-order valence-electron chi connectivity index (χ4n) is 5.74. The van der Waals surface area contributed by atoms with Crippen LogP contribution in [0.4, 0.5) is 0 Å². The van der Waals surface area contributed by atoms with E-state index in [1.165, 1.54) is 190 Å². The Bertz CT molecular complexity index is 460. The van der Waals surface area contributed by atoms with Crippen LogP contribution in [0.1, 0.15) is 207 Å². The van der Waals surface area contributed by atoms with Crippen LogP contribution in [0, 0.1) is 0 Å². The van der Waals surface area contributed by atoms with E-state index in [4.69, 9.17) is 12.5 Å². The molecule has 0 spiro atoms. The third-order valence-electron chi connectivity index (χ3n) is 8.57. The minimum atomic E-state index is -1.82. The third-order valence-corrected chi connectivity index (χ3v) is 11.7. The van der Waals surface area contributed by atoms with Crippen molar-refractivity contribution in [1.29, 1.82) is 0 Å². The van der Waals surface area contributed by atoms with Gasteiger partial charge in [0.05, 0.1) is 30.7 Å². The first-order valence-corrected chi connectivity index (χ1v) is 22.5. The van der Waals surface area contributed by atoms with E-state index in [0.717, 1.165) is 31.8 Å². The molecule has 0 saturated carbocycles. The Morgan fingerprint density at radius 3 is 0.905 bits per heavy atom. The Balaban J connectivity index is 3.85. The first-order chi connectivity index (χ1) is 20.7. The van der Waals surface area contributed by atoms with Crippen molar-refractivity contribution in [2.45, 2.75) is 213 Å². The van der Waals surface area contributed by atoms with Gasteiger partial charge in [0, 0.05) is 16.0 Å². The van der Waals surface area contributed by atoms with Crippen LogP contribution >= 0.6 is 10.9 Å². The van der Waals surface area contributed by atoms with Gasteiger partial charge in [-0.15, -0.1) is 0 Å². The third kappa shape index (κ3) is 30.5. The van der Waals surface area contributed by atoms with Crippen LogP contribution in [-0.2, 0) is 12.5 Å². The van der Waals surface area contributed by atoms with E-state index in [1.807, 2.05) is 0 Å². The van der Waals surface area contributed by atoms with Crippen molar-refractivity contribution >= 4 is 21.1 Å². The van der Waals surface area contributed by atoms with Gasteiger partial charge in [-0.2, -0.15) is 0 Å². The van der Waals surface area contributed by atoms with E-state index in [9.17, 15) is 0 Å². The lowest BCUT2D eigenvalue weighted by Gasteiger charge is -2.37. The lowest BCUT2D eigenvalue weighted by atomic mass is 10.0. The smallest absolute Gasteiger partial charge is 0.0887 e. The molecule has 0 aromatic carbocycles. The molecule has 0 aliphatic carbocycles.